The van der Waals surface area contributed by atoms with Gasteiger partial charge in [0.25, 0.3) is 11.8 Å². The number of aromatic amines is 1. The molecule has 3 aromatic carbocycles. The summed E-state index contributed by atoms with van der Waals surface area (Å²) in [5, 5.41) is 8.26. The van der Waals surface area contributed by atoms with Gasteiger partial charge in [-0.1, -0.05) is 53.6 Å². The number of nitrogens with zero attached hydrogens (tertiary/aromatic N) is 1. The molecule has 0 saturated heterocycles. The second-order valence-electron chi connectivity index (χ2n) is 9.25. The standard InChI is InChI=1S/C31H29ClN4O2/c1-3-36-19-22(23-8-5-7-11-29(23)36)17-28(35-30(37)24-9-4-6-10-26(24)32)31(38)33-15-14-21-18-34-27-13-12-20(2)16-25(21)27/h4-13,16-19,34H,3,14-15H2,1-2H3,(H,33,38)(H,35,37). The number of carbonyl (C=O) groups is 2. The molecule has 0 radical (unpaired) electrons. The second-order valence-corrected chi connectivity index (χ2v) is 9.66. The Labute approximate surface area is 226 Å². The van der Waals surface area contributed by atoms with Crippen LogP contribution in [0.1, 0.15) is 34.0 Å². The van der Waals surface area contributed by atoms with Gasteiger partial charge >= 0.3 is 0 Å². The SMILES string of the molecule is CCn1cc(C=C(NC(=O)c2ccccc2Cl)C(=O)NCCc2c[nH]c3ccc(C)cc23)c2ccccc21. The van der Waals surface area contributed by atoms with Gasteiger partial charge in [-0.15, -0.1) is 0 Å². The summed E-state index contributed by atoms with van der Waals surface area (Å²) in [6, 6.07) is 21.1. The molecule has 38 heavy (non-hydrogen) atoms. The summed E-state index contributed by atoms with van der Waals surface area (Å²) >= 11 is 6.25. The van der Waals surface area contributed by atoms with Crippen molar-refractivity contribution in [2.45, 2.75) is 26.8 Å². The Morgan fingerprint density at radius 1 is 1.03 bits per heavy atom. The van der Waals surface area contributed by atoms with Crippen molar-refractivity contribution in [2.75, 3.05) is 6.54 Å². The van der Waals surface area contributed by atoms with Crippen LogP contribution in [0.15, 0.2) is 84.8 Å². The largest absolute Gasteiger partial charge is 0.361 e. The van der Waals surface area contributed by atoms with E-state index in [1.807, 2.05) is 36.7 Å². The third-order valence-electron chi connectivity index (χ3n) is 6.67. The molecule has 0 bridgehead atoms. The summed E-state index contributed by atoms with van der Waals surface area (Å²) < 4.78 is 2.12. The molecule has 2 amide bonds. The molecule has 6 nitrogen and oxygen atoms in total. The molecule has 0 aliphatic heterocycles. The quantitative estimate of drug-likeness (QED) is 0.210. The van der Waals surface area contributed by atoms with Crippen molar-refractivity contribution in [3.8, 4) is 0 Å². The highest BCUT2D eigenvalue weighted by atomic mass is 35.5. The third kappa shape index (κ3) is 5.22. The van der Waals surface area contributed by atoms with Gasteiger partial charge in [-0.2, -0.15) is 0 Å². The lowest BCUT2D eigenvalue weighted by atomic mass is 10.1. The minimum Gasteiger partial charge on any atom is -0.361 e. The zero-order valence-electron chi connectivity index (χ0n) is 21.3. The zero-order chi connectivity index (χ0) is 26.6. The van der Waals surface area contributed by atoms with E-state index in [9.17, 15) is 9.59 Å². The van der Waals surface area contributed by atoms with Crippen LogP contribution in [-0.2, 0) is 17.8 Å². The number of rotatable bonds is 8. The van der Waals surface area contributed by atoms with Gasteiger partial charge in [0.2, 0.25) is 0 Å². The van der Waals surface area contributed by atoms with Crippen molar-refractivity contribution in [2.24, 2.45) is 0 Å². The molecule has 0 spiro atoms. The fraction of sp³-hybridized carbons (Fsp3) is 0.161. The van der Waals surface area contributed by atoms with Crippen LogP contribution in [0.5, 0.6) is 0 Å². The number of carbonyl (C=O) groups excluding carboxylic acids is 2. The molecule has 2 aromatic heterocycles. The van der Waals surface area contributed by atoms with Crippen LogP contribution in [0, 0.1) is 6.92 Å². The Hall–Kier alpha value is -4.29. The highest BCUT2D eigenvalue weighted by Crippen LogP contribution is 2.24. The normalized spacial score (nSPS) is 11.7. The van der Waals surface area contributed by atoms with Gasteiger partial charge in [-0.3, -0.25) is 9.59 Å². The molecule has 0 fully saturated rings. The molecule has 3 N–H and O–H groups in total. The van der Waals surface area contributed by atoms with Crippen LogP contribution in [0.4, 0.5) is 0 Å². The highest BCUT2D eigenvalue weighted by Gasteiger charge is 2.18. The molecule has 7 heteroatoms. The number of H-pyrrole nitrogens is 1. The minimum absolute atomic E-state index is 0.156. The van der Waals surface area contributed by atoms with E-state index in [2.05, 4.69) is 52.2 Å². The summed E-state index contributed by atoms with van der Waals surface area (Å²) in [7, 11) is 0. The van der Waals surface area contributed by atoms with Crippen molar-refractivity contribution >= 4 is 51.3 Å². The lowest BCUT2D eigenvalue weighted by Crippen LogP contribution is -2.35. The predicted molar refractivity (Wildman–Crippen MR) is 154 cm³/mol. The first-order chi connectivity index (χ1) is 18.4. The van der Waals surface area contributed by atoms with E-state index < -0.39 is 5.91 Å². The monoisotopic (exact) mass is 524 g/mol. The molecule has 0 saturated carbocycles. The first-order valence-electron chi connectivity index (χ1n) is 12.6. The Kier molecular flexibility index (Phi) is 7.33. The number of para-hydroxylation sites is 1. The molecule has 192 valence electrons. The number of halogens is 1. The number of aryl methyl sites for hydroxylation is 2. The van der Waals surface area contributed by atoms with Gasteiger partial charge in [-0.25, -0.2) is 0 Å². The van der Waals surface area contributed by atoms with Gasteiger partial charge in [0.15, 0.2) is 0 Å². The van der Waals surface area contributed by atoms with Crippen molar-refractivity contribution in [3.63, 3.8) is 0 Å². The summed E-state index contributed by atoms with van der Waals surface area (Å²) in [6.07, 6.45) is 6.35. The number of hydrogen-bond acceptors (Lipinski definition) is 2. The van der Waals surface area contributed by atoms with Gasteiger partial charge in [0, 0.05) is 52.9 Å². The van der Waals surface area contributed by atoms with Crippen LogP contribution in [0.2, 0.25) is 5.02 Å². The van der Waals surface area contributed by atoms with Crippen LogP contribution >= 0.6 is 11.6 Å². The molecule has 5 rings (SSSR count). The van der Waals surface area contributed by atoms with Crippen LogP contribution in [0.25, 0.3) is 27.9 Å². The van der Waals surface area contributed by atoms with Crippen molar-refractivity contribution < 1.29 is 9.59 Å². The first-order valence-corrected chi connectivity index (χ1v) is 13.0. The minimum atomic E-state index is -0.441. The average Bonchev–Trinajstić information content (AvgIpc) is 3.49. The molecule has 0 atom stereocenters. The maximum Gasteiger partial charge on any atom is 0.267 e. The molecule has 2 heterocycles. The maximum absolute atomic E-state index is 13.4. The summed E-state index contributed by atoms with van der Waals surface area (Å²) in [4.78, 5) is 29.8. The van der Waals surface area contributed by atoms with E-state index in [1.165, 1.54) is 5.56 Å². The van der Waals surface area contributed by atoms with Crippen molar-refractivity contribution in [1.29, 1.82) is 0 Å². The van der Waals surface area contributed by atoms with Gasteiger partial charge < -0.3 is 20.2 Å². The molecule has 0 aliphatic carbocycles. The highest BCUT2D eigenvalue weighted by molar-refractivity contribution is 6.34. The number of benzene rings is 3. The van der Waals surface area contributed by atoms with E-state index in [0.29, 0.717) is 23.6 Å². The van der Waals surface area contributed by atoms with Crippen LogP contribution in [-0.4, -0.2) is 27.9 Å². The number of fused-ring (bicyclic) bond motifs is 2. The lowest BCUT2D eigenvalue weighted by molar-refractivity contribution is -0.117. The van der Waals surface area contributed by atoms with E-state index in [-0.39, 0.29) is 11.6 Å². The fourth-order valence-electron chi connectivity index (χ4n) is 4.71. The van der Waals surface area contributed by atoms with Crippen molar-refractivity contribution in [3.05, 3.63) is 112 Å². The molecule has 5 aromatic rings. The van der Waals surface area contributed by atoms with Gasteiger partial charge in [0.1, 0.15) is 5.70 Å². The van der Waals surface area contributed by atoms with Gasteiger partial charge in [0.05, 0.1) is 10.6 Å². The fourth-order valence-corrected chi connectivity index (χ4v) is 4.93. The predicted octanol–water partition coefficient (Wildman–Crippen LogP) is 6.23. The van der Waals surface area contributed by atoms with Crippen LogP contribution in [0.3, 0.4) is 0 Å². The molecule has 0 aliphatic rings. The molecular weight excluding hydrogens is 496 g/mol. The zero-order valence-corrected chi connectivity index (χ0v) is 22.1. The summed E-state index contributed by atoms with van der Waals surface area (Å²) in [6.45, 7) is 5.33. The first kappa shape index (κ1) is 25.4. The summed E-state index contributed by atoms with van der Waals surface area (Å²) in [5.74, 6) is -0.807. The van der Waals surface area contributed by atoms with E-state index in [4.69, 9.17) is 11.6 Å². The van der Waals surface area contributed by atoms with Crippen molar-refractivity contribution in [1.82, 2.24) is 20.2 Å². The number of nitrogens with one attached hydrogen (secondary N) is 3. The van der Waals surface area contributed by atoms with Gasteiger partial charge in [-0.05, 0) is 62.2 Å². The average molecular weight is 525 g/mol. The summed E-state index contributed by atoms with van der Waals surface area (Å²) in [5.41, 5.74) is 5.74. The van der Waals surface area contributed by atoms with E-state index >= 15 is 0 Å². The molecule has 0 unspecified atom stereocenters. The Balaban J connectivity index is 1.42. The number of aromatic nitrogens is 2. The lowest BCUT2D eigenvalue weighted by Gasteiger charge is -2.12. The van der Waals surface area contributed by atoms with E-state index in [1.54, 1.807) is 30.3 Å². The smallest absolute Gasteiger partial charge is 0.267 e. The van der Waals surface area contributed by atoms with Crippen LogP contribution < -0.4 is 10.6 Å². The second kappa shape index (κ2) is 11.0. The maximum atomic E-state index is 13.4. The third-order valence-corrected chi connectivity index (χ3v) is 7.00. The number of hydrogen-bond donors (Lipinski definition) is 3. The topological polar surface area (TPSA) is 78.9 Å². The van der Waals surface area contributed by atoms with E-state index in [0.717, 1.165) is 39.5 Å². The Bertz CT molecular complexity index is 1680. The Morgan fingerprint density at radius 3 is 2.63 bits per heavy atom. The molecular formula is C31H29ClN4O2. The Morgan fingerprint density at radius 2 is 1.82 bits per heavy atom. The number of amides is 2.